The van der Waals surface area contributed by atoms with E-state index >= 15 is 0 Å². The van der Waals surface area contributed by atoms with Gasteiger partial charge in [0.1, 0.15) is 5.75 Å². The molecule has 0 aromatic heterocycles. The van der Waals surface area contributed by atoms with Crippen molar-refractivity contribution in [2.24, 2.45) is 11.1 Å². The third-order valence-electron chi connectivity index (χ3n) is 2.68. The first-order valence-electron chi connectivity index (χ1n) is 5.60. The monoisotopic (exact) mass is 223 g/mol. The van der Waals surface area contributed by atoms with Crippen LogP contribution in [0.1, 0.15) is 25.8 Å². The number of aliphatic hydroxyl groups excluding tert-OH is 1. The Hall–Kier alpha value is -1.06. The van der Waals surface area contributed by atoms with E-state index in [1.807, 2.05) is 24.3 Å². The van der Waals surface area contributed by atoms with Gasteiger partial charge in [-0.3, -0.25) is 0 Å². The van der Waals surface area contributed by atoms with Crippen molar-refractivity contribution in [2.75, 3.05) is 13.2 Å². The summed E-state index contributed by atoms with van der Waals surface area (Å²) < 4.78 is 5.62. The lowest BCUT2D eigenvalue weighted by Crippen LogP contribution is -2.25. The van der Waals surface area contributed by atoms with Crippen molar-refractivity contribution in [3.8, 4) is 5.75 Å². The van der Waals surface area contributed by atoms with Gasteiger partial charge in [0.15, 0.2) is 0 Å². The SMILES string of the molecule is CC(C)(CN)CCOc1cccc(CO)c1. The van der Waals surface area contributed by atoms with E-state index in [0.29, 0.717) is 13.2 Å². The van der Waals surface area contributed by atoms with E-state index < -0.39 is 0 Å². The molecule has 0 unspecified atom stereocenters. The van der Waals surface area contributed by atoms with E-state index in [1.165, 1.54) is 0 Å². The van der Waals surface area contributed by atoms with Gasteiger partial charge < -0.3 is 15.6 Å². The molecule has 0 aliphatic carbocycles. The summed E-state index contributed by atoms with van der Waals surface area (Å²) in [4.78, 5) is 0. The van der Waals surface area contributed by atoms with Gasteiger partial charge in [-0.15, -0.1) is 0 Å². The van der Waals surface area contributed by atoms with Gasteiger partial charge in [-0.05, 0) is 36.1 Å². The molecule has 0 fully saturated rings. The van der Waals surface area contributed by atoms with Crippen LogP contribution >= 0.6 is 0 Å². The highest BCUT2D eigenvalue weighted by Crippen LogP contribution is 2.19. The highest BCUT2D eigenvalue weighted by Gasteiger charge is 2.15. The van der Waals surface area contributed by atoms with E-state index in [-0.39, 0.29) is 12.0 Å². The molecule has 0 atom stereocenters. The predicted molar refractivity (Wildman–Crippen MR) is 65.3 cm³/mol. The van der Waals surface area contributed by atoms with Gasteiger partial charge in [0, 0.05) is 0 Å². The molecule has 0 saturated heterocycles. The van der Waals surface area contributed by atoms with Crippen LogP contribution in [0.5, 0.6) is 5.75 Å². The van der Waals surface area contributed by atoms with Crippen LogP contribution in [0.2, 0.25) is 0 Å². The first kappa shape index (κ1) is 13.0. The Morgan fingerprint density at radius 1 is 1.38 bits per heavy atom. The quantitative estimate of drug-likeness (QED) is 0.774. The second-order valence-electron chi connectivity index (χ2n) is 4.77. The fourth-order valence-corrected chi connectivity index (χ4v) is 1.28. The van der Waals surface area contributed by atoms with Gasteiger partial charge >= 0.3 is 0 Å². The summed E-state index contributed by atoms with van der Waals surface area (Å²) in [5, 5.41) is 8.98. The van der Waals surface area contributed by atoms with Crippen LogP contribution in [0.3, 0.4) is 0 Å². The Bertz CT molecular complexity index is 323. The summed E-state index contributed by atoms with van der Waals surface area (Å²) in [5.74, 6) is 0.805. The number of ether oxygens (including phenoxy) is 1. The van der Waals surface area contributed by atoms with Crippen molar-refractivity contribution >= 4 is 0 Å². The van der Waals surface area contributed by atoms with E-state index in [0.717, 1.165) is 17.7 Å². The molecule has 0 amide bonds. The summed E-state index contributed by atoms with van der Waals surface area (Å²) >= 11 is 0. The third kappa shape index (κ3) is 4.21. The van der Waals surface area contributed by atoms with E-state index in [4.69, 9.17) is 15.6 Å². The molecule has 3 N–H and O–H groups in total. The number of rotatable bonds is 6. The maximum Gasteiger partial charge on any atom is 0.119 e. The Kier molecular flexibility index (Phi) is 4.77. The summed E-state index contributed by atoms with van der Waals surface area (Å²) in [6.07, 6.45) is 0.923. The normalized spacial score (nSPS) is 11.5. The van der Waals surface area contributed by atoms with Crippen molar-refractivity contribution in [3.05, 3.63) is 29.8 Å². The molecule has 0 saturated carbocycles. The summed E-state index contributed by atoms with van der Waals surface area (Å²) in [5.41, 5.74) is 6.63. The highest BCUT2D eigenvalue weighted by molar-refractivity contribution is 5.27. The number of nitrogens with two attached hydrogens (primary N) is 1. The maximum absolute atomic E-state index is 8.98. The lowest BCUT2D eigenvalue weighted by molar-refractivity contribution is 0.232. The van der Waals surface area contributed by atoms with Gasteiger partial charge in [-0.25, -0.2) is 0 Å². The number of hydrogen-bond donors (Lipinski definition) is 2. The molecule has 0 bridgehead atoms. The third-order valence-corrected chi connectivity index (χ3v) is 2.68. The second-order valence-corrected chi connectivity index (χ2v) is 4.77. The summed E-state index contributed by atoms with van der Waals surface area (Å²) in [6.45, 7) is 5.61. The predicted octanol–water partition coefficient (Wildman–Crippen LogP) is 1.93. The standard InChI is InChI=1S/C13H21NO2/c1-13(2,10-14)6-7-16-12-5-3-4-11(8-12)9-15/h3-5,8,15H,6-7,9-10,14H2,1-2H3. The van der Waals surface area contributed by atoms with Gasteiger partial charge in [0.2, 0.25) is 0 Å². The van der Waals surface area contributed by atoms with Crippen molar-refractivity contribution < 1.29 is 9.84 Å². The number of benzene rings is 1. The fourth-order valence-electron chi connectivity index (χ4n) is 1.28. The van der Waals surface area contributed by atoms with Crippen molar-refractivity contribution in [3.63, 3.8) is 0 Å². The van der Waals surface area contributed by atoms with Gasteiger partial charge in [-0.1, -0.05) is 26.0 Å². The zero-order chi connectivity index (χ0) is 12.0. The molecular weight excluding hydrogens is 202 g/mol. The molecule has 3 heteroatoms. The Balaban J connectivity index is 2.42. The topological polar surface area (TPSA) is 55.5 Å². The molecule has 0 aliphatic heterocycles. The van der Waals surface area contributed by atoms with Crippen LogP contribution in [0.4, 0.5) is 0 Å². The number of aliphatic hydroxyl groups is 1. The van der Waals surface area contributed by atoms with Crippen LogP contribution < -0.4 is 10.5 Å². The fraction of sp³-hybridized carbons (Fsp3) is 0.538. The molecular formula is C13H21NO2. The zero-order valence-corrected chi connectivity index (χ0v) is 10.1. The van der Waals surface area contributed by atoms with Crippen LogP contribution in [0.25, 0.3) is 0 Å². The van der Waals surface area contributed by atoms with Crippen LogP contribution in [0.15, 0.2) is 24.3 Å². The first-order chi connectivity index (χ1) is 7.57. The zero-order valence-electron chi connectivity index (χ0n) is 10.1. The Morgan fingerprint density at radius 2 is 2.12 bits per heavy atom. The molecule has 16 heavy (non-hydrogen) atoms. The van der Waals surface area contributed by atoms with Crippen molar-refractivity contribution in [1.29, 1.82) is 0 Å². The molecule has 0 aliphatic rings. The molecule has 90 valence electrons. The number of hydrogen-bond acceptors (Lipinski definition) is 3. The molecule has 1 aromatic carbocycles. The molecule has 0 spiro atoms. The molecule has 0 heterocycles. The Labute approximate surface area is 97.2 Å². The van der Waals surface area contributed by atoms with Gasteiger partial charge in [0.25, 0.3) is 0 Å². The summed E-state index contributed by atoms with van der Waals surface area (Å²) in [7, 11) is 0. The van der Waals surface area contributed by atoms with Crippen molar-refractivity contribution in [1.82, 2.24) is 0 Å². The largest absolute Gasteiger partial charge is 0.494 e. The minimum atomic E-state index is 0.0471. The first-order valence-corrected chi connectivity index (χ1v) is 5.60. The van der Waals surface area contributed by atoms with E-state index in [2.05, 4.69) is 13.8 Å². The van der Waals surface area contributed by atoms with Gasteiger partial charge in [0.05, 0.1) is 13.2 Å². The minimum Gasteiger partial charge on any atom is -0.494 e. The summed E-state index contributed by atoms with van der Waals surface area (Å²) in [6, 6.07) is 7.51. The van der Waals surface area contributed by atoms with E-state index in [1.54, 1.807) is 0 Å². The lowest BCUT2D eigenvalue weighted by Gasteiger charge is -2.22. The molecule has 1 aromatic rings. The van der Waals surface area contributed by atoms with Crippen LogP contribution in [0, 0.1) is 5.41 Å². The van der Waals surface area contributed by atoms with E-state index in [9.17, 15) is 0 Å². The second kappa shape index (κ2) is 5.87. The van der Waals surface area contributed by atoms with Crippen molar-refractivity contribution in [2.45, 2.75) is 26.9 Å². The molecule has 1 rings (SSSR count). The van der Waals surface area contributed by atoms with Crippen LogP contribution in [-0.2, 0) is 6.61 Å². The highest BCUT2D eigenvalue weighted by atomic mass is 16.5. The van der Waals surface area contributed by atoms with Gasteiger partial charge in [-0.2, -0.15) is 0 Å². The minimum absolute atomic E-state index is 0.0471. The average molecular weight is 223 g/mol. The lowest BCUT2D eigenvalue weighted by atomic mass is 9.90. The molecule has 3 nitrogen and oxygen atoms in total. The average Bonchev–Trinajstić information content (AvgIpc) is 2.29. The Morgan fingerprint density at radius 3 is 2.75 bits per heavy atom. The molecule has 0 radical (unpaired) electrons. The van der Waals surface area contributed by atoms with Crippen LogP contribution in [-0.4, -0.2) is 18.3 Å². The smallest absolute Gasteiger partial charge is 0.119 e. The maximum atomic E-state index is 8.98.